The number of carbonyl (C=O) groups excluding carboxylic acids is 3. The van der Waals surface area contributed by atoms with Crippen LogP contribution in [0.4, 0.5) is 0 Å². The van der Waals surface area contributed by atoms with Crippen LogP contribution < -0.4 is 0 Å². The van der Waals surface area contributed by atoms with Gasteiger partial charge in [-0.05, 0) is 61.9 Å². The van der Waals surface area contributed by atoms with Gasteiger partial charge in [0.05, 0.1) is 0 Å². The number of Topliss-reactive ketones (excluding diaryl/α,β-unsaturated/α-hetero) is 1. The van der Waals surface area contributed by atoms with Gasteiger partial charge in [-0.2, -0.15) is 0 Å². The van der Waals surface area contributed by atoms with E-state index in [0.29, 0.717) is 41.8 Å². The van der Waals surface area contributed by atoms with E-state index >= 15 is 0 Å². The van der Waals surface area contributed by atoms with Gasteiger partial charge in [0.25, 0.3) is 5.91 Å². The number of carbonyl (C=O) groups is 3. The van der Waals surface area contributed by atoms with Crippen molar-refractivity contribution in [3.05, 3.63) is 24.4 Å². The Morgan fingerprint density at radius 3 is 2.16 bits per heavy atom. The number of allylic oxidation sites excluding steroid dienone is 1. The van der Waals surface area contributed by atoms with E-state index in [4.69, 9.17) is 0 Å². The molecule has 1 saturated heterocycles. The fourth-order valence-electron chi connectivity index (χ4n) is 5.14. The van der Waals surface area contributed by atoms with Crippen molar-refractivity contribution in [2.24, 2.45) is 23.2 Å². The van der Waals surface area contributed by atoms with Crippen LogP contribution in [0.25, 0.3) is 0 Å². The summed E-state index contributed by atoms with van der Waals surface area (Å²) in [7, 11) is 0. The number of unbranched alkanes of at least 4 members (excludes halogenated alkanes) is 3. The first-order valence-electron chi connectivity index (χ1n) is 12.6. The van der Waals surface area contributed by atoms with Crippen LogP contribution in [-0.2, 0) is 14.4 Å². The van der Waals surface area contributed by atoms with E-state index in [2.05, 4.69) is 27.4 Å². The summed E-state index contributed by atoms with van der Waals surface area (Å²) in [5, 5.41) is 0. The van der Waals surface area contributed by atoms with E-state index in [9.17, 15) is 14.4 Å². The lowest BCUT2D eigenvalue weighted by Crippen LogP contribution is -2.54. The van der Waals surface area contributed by atoms with Gasteiger partial charge in [0.2, 0.25) is 5.91 Å². The van der Waals surface area contributed by atoms with E-state index in [1.54, 1.807) is 17.1 Å². The van der Waals surface area contributed by atoms with E-state index in [1.165, 1.54) is 0 Å². The molecule has 1 saturated carbocycles. The Morgan fingerprint density at radius 2 is 1.59 bits per heavy atom. The largest absolute Gasteiger partial charge is 0.342 e. The molecule has 0 aromatic rings. The van der Waals surface area contributed by atoms with Crippen molar-refractivity contribution >= 4 is 17.6 Å². The molecule has 2 fully saturated rings. The van der Waals surface area contributed by atoms with Crippen molar-refractivity contribution in [2.45, 2.75) is 85.0 Å². The van der Waals surface area contributed by atoms with E-state index < -0.39 is 0 Å². The smallest absolute Gasteiger partial charge is 0.251 e. The summed E-state index contributed by atoms with van der Waals surface area (Å²) in [5.41, 5.74) is 1.08. The minimum absolute atomic E-state index is 0.0360. The third-order valence-electron chi connectivity index (χ3n) is 7.80. The zero-order chi connectivity index (χ0) is 23.3. The molecule has 5 heteroatoms. The lowest BCUT2D eigenvalue weighted by molar-refractivity contribution is -0.140. The normalized spacial score (nSPS) is 24.2. The first kappa shape index (κ1) is 24.7. The standard InChI is InChI=1S/C27H42N2O3/c1-20-11-16-26(32)29(20)17-21-12-14-22(15-13-21)24(30)9-7-5-6-8-10-25(31)28-18-23(19-28)27(2,3)4/h11,16,21-23H,1,5-10,12-15,17-19H2,2-4H3. The molecule has 178 valence electrons. The second kappa shape index (κ2) is 10.8. The molecule has 2 aliphatic heterocycles. The van der Waals surface area contributed by atoms with Gasteiger partial charge < -0.3 is 9.80 Å². The van der Waals surface area contributed by atoms with Crippen LogP contribution in [0.1, 0.15) is 85.0 Å². The van der Waals surface area contributed by atoms with Crippen molar-refractivity contribution in [1.82, 2.24) is 9.80 Å². The fourth-order valence-corrected chi connectivity index (χ4v) is 5.14. The van der Waals surface area contributed by atoms with E-state index in [1.807, 2.05) is 4.90 Å². The van der Waals surface area contributed by atoms with Crippen LogP contribution in [0.2, 0.25) is 0 Å². The van der Waals surface area contributed by atoms with Crippen molar-refractivity contribution in [2.75, 3.05) is 19.6 Å². The van der Waals surface area contributed by atoms with Crippen LogP contribution in [-0.4, -0.2) is 47.0 Å². The molecule has 3 aliphatic rings. The SMILES string of the molecule is C=C1C=CC(=O)N1CC1CCC(C(=O)CCCCCCC(=O)N2CC(C(C)(C)C)C2)CC1. The molecule has 3 rings (SSSR count). The van der Waals surface area contributed by atoms with Crippen molar-refractivity contribution in [3.8, 4) is 0 Å². The molecule has 2 amide bonds. The second-order valence-electron chi connectivity index (χ2n) is 11.2. The molecule has 0 spiro atoms. The number of nitrogens with zero attached hydrogens (tertiary/aromatic N) is 2. The maximum absolute atomic E-state index is 12.6. The van der Waals surface area contributed by atoms with Gasteiger partial charge in [-0.3, -0.25) is 14.4 Å². The van der Waals surface area contributed by atoms with Gasteiger partial charge in [-0.25, -0.2) is 0 Å². The van der Waals surface area contributed by atoms with Gasteiger partial charge in [0.1, 0.15) is 5.78 Å². The third kappa shape index (κ3) is 6.55. The molecule has 0 unspecified atom stereocenters. The molecule has 5 nitrogen and oxygen atoms in total. The molecule has 0 N–H and O–H groups in total. The Bertz CT molecular complexity index is 716. The minimum atomic E-state index is 0.0360. The predicted octanol–water partition coefficient (Wildman–Crippen LogP) is 5.12. The molecular weight excluding hydrogens is 400 g/mol. The van der Waals surface area contributed by atoms with Crippen molar-refractivity contribution in [1.29, 1.82) is 0 Å². The Labute approximate surface area is 194 Å². The lowest BCUT2D eigenvalue weighted by atomic mass is 9.76. The topological polar surface area (TPSA) is 57.7 Å². The number of rotatable bonds is 10. The van der Waals surface area contributed by atoms with Gasteiger partial charge in [0, 0.05) is 50.2 Å². The first-order valence-corrected chi connectivity index (χ1v) is 12.6. The van der Waals surface area contributed by atoms with Gasteiger partial charge in [-0.1, -0.05) is 40.2 Å². The lowest BCUT2D eigenvalue weighted by Gasteiger charge is -2.46. The molecular formula is C27H42N2O3. The highest BCUT2D eigenvalue weighted by Gasteiger charge is 2.37. The number of likely N-dealkylation sites (tertiary alicyclic amines) is 1. The van der Waals surface area contributed by atoms with Crippen molar-refractivity contribution in [3.63, 3.8) is 0 Å². The average molecular weight is 443 g/mol. The highest BCUT2D eigenvalue weighted by atomic mass is 16.2. The van der Waals surface area contributed by atoms with Crippen molar-refractivity contribution < 1.29 is 14.4 Å². The summed E-state index contributed by atoms with van der Waals surface area (Å²) in [4.78, 5) is 40.5. The molecule has 0 aromatic carbocycles. The van der Waals surface area contributed by atoms with Gasteiger partial charge in [-0.15, -0.1) is 0 Å². The average Bonchev–Trinajstić information content (AvgIpc) is 3.00. The maximum Gasteiger partial charge on any atom is 0.251 e. The molecule has 0 radical (unpaired) electrons. The molecule has 0 aromatic heterocycles. The summed E-state index contributed by atoms with van der Waals surface area (Å²) in [6.45, 7) is 13.2. The number of hydrogen-bond donors (Lipinski definition) is 0. The summed E-state index contributed by atoms with van der Waals surface area (Å²) in [6.07, 6.45) is 12.6. The molecule has 1 aliphatic carbocycles. The Hall–Kier alpha value is -1.91. The van der Waals surface area contributed by atoms with Gasteiger partial charge >= 0.3 is 0 Å². The third-order valence-corrected chi connectivity index (χ3v) is 7.80. The van der Waals surface area contributed by atoms with Crippen LogP contribution in [0.15, 0.2) is 24.4 Å². The zero-order valence-corrected chi connectivity index (χ0v) is 20.4. The number of amides is 2. The van der Waals surface area contributed by atoms with E-state index in [0.717, 1.165) is 76.7 Å². The molecule has 32 heavy (non-hydrogen) atoms. The molecule has 0 atom stereocenters. The summed E-state index contributed by atoms with van der Waals surface area (Å²) in [5.74, 6) is 2.05. The quantitative estimate of drug-likeness (QED) is 0.441. The second-order valence-corrected chi connectivity index (χ2v) is 11.2. The van der Waals surface area contributed by atoms with Gasteiger partial charge in [0.15, 0.2) is 0 Å². The first-order chi connectivity index (χ1) is 15.1. The maximum atomic E-state index is 12.6. The van der Waals surface area contributed by atoms with Crippen LogP contribution >= 0.6 is 0 Å². The summed E-state index contributed by atoms with van der Waals surface area (Å²) >= 11 is 0. The Balaban J connectivity index is 1.21. The molecule has 0 bridgehead atoms. The Morgan fingerprint density at radius 1 is 0.969 bits per heavy atom. The number of ketones is 1. The monoisotopic (exact) mass is 442 g/mol. The van der Waals surface area contributed by atoms with Crippen LogP contribution in [0.3, 0.4) is 0 Å². The fraction of sp³-hybridized carbons (Fsp3) is 0.741. The zero-order valence-electron chi connectivity index (χ0n) is 20.4. The summed E-state index contributed by atoms with van der Waals surface area (Å²) in [6, 6.07) is 0. The number of hydrogen-bond acceptors (Lipinski definition) is 3. The summed E-state index contributed by atoms with van der Waals surface area (Å²) < 4.78 is 0. The highest BCUT2D eigenvalue weighted by molar-refractivity contribution is 5.93. The highest BCUT2D eigenvalue weighted by Crippen LogP contribution is 2.34. The Kier molecular flexibility index (Phi) is 8.35. The molecule has 2 heterocycles. The van der Waals surface area contributed by atoms with E-state index in [-0.39, 0.29) is 11.8 Å². The van der Waals surface area contributed by atoms with Crippen LogP contribution in [0.5, 0.6) is 0 Å². The minimum Gasteiger partial charge on any atom is -0.342 e. The predicted molar refractivity (Wildman–Crippen MR) is 128 cm³/mol. The van der Waals surface area contributed by atoms with Crippen LogP contribution in [0, 0.1) is 23.2 Å².